The molecule has 2 N–H and O–H groups in total. The zero-order chi connectivity index (χ0) is 12.0. The monoisotopic (exact) mass is 305 g/mol. The van der Waals surface area contributed by atoms with Crippen molar-refractivity contribution in [2.75, 3.05) is 13.1 Å². The van der Waals surface area contributed by atoms with E-state index in [1.165, 1.54) is 4.88 Å². The number of halogens is 1. The first-order valence-corrected chi connectivity index (χ1v) is 6.92. The van der Waals surface area contributed by atoms with Crippen LogP contribution in [0.2, 0.25) is 0 Å². The van der Waals surface area contributed by atoms with Crippen molar-refractivity contribution in [1.82, 2.24) is 5.32 Å². The van der Waals surface area contributed by atoms with Gasteiger partial charge < -0.3 is 10.4 Å². The Bertz CT molecular complexity index is 340. The lowest BCUT2D eigenvalue weighted by atomic mass is 10.1. The fourth-order valence-electron chi connectivity index (χ4n) is 1.38. The molecule has 0 saturated heterocycles. The predicted octanol–water partition coefficient (Wildman–Crippen LogP) is 2.75. The van der Waals surface area contributed by atoms with Crippen molar-refractivity contribution in [3.05, 3.63) is 20.8 Å². The third-order valence-corrected chi connectivity index (χ3v) is 4.09. The molecule has 3 nitrogen and oxygen atoms in total. The molecule has 0 aromatic carbocycles. The number of nitrogens with one attached hydrogen (secondary N) is 1. The number of hydrogen-bond acceptors (Lipinski definition) is 3. The summed E-state index contributed by atoms with van der Waals surface area (Å²) < 4.78 is 1.14. The second kappa shape index (κ2) is 7.04. The SMILES string of the molecule is CCC(CNCCc1ccc(Br)s1)C(=O)O. The molecule has 1 aromatic rings. The molecule has 0 radical (unpaired) electrons. The Morgan fingerprint density at radius 2 is 2.38 bits per heavy atom. The molecule has 0 spiro atoms. The Morgan fingerprint density at radius 3 is 2.88 bits per heavy atom. The Kier molecular flexibility index (Phi) is 6.01. The minimum Gasteiger partial charge on any atom is -0.481 e. The molecule has 0 bridgehead atoms. The first-order chi connectivity index (χ1) is 7.63. The molecule has 0 aliphatic heterocycles. The van der Waals surface area contributed by atoms with E-state index in [0.29, 0.717) is 13.0 Å². The number of carbonyl (C=O) groups is 1. The summed E-state index contributed by atoms with van der Waals surface area (Å²) in [6.07, 6.45) is 1.62. The van der Waals surface area contributed by atoms with Gasteiger partial charge in [-0.25, -0.2) is 0 Å². The van der Waals surface area contributed by atoms with Gasteiger partial charge in [0.15, 0.2) is 0 Å². The van der Waals surface area contributed by atoms with Gasteiger partial charge in [0.05, 0.1) is 9.70 Å². The number of rotatable bonds is 7. The molecule has 1 atom stereocenters. The van der Waals surface area contributed by atoms with E-state index >= 15 is 0 Å². The number of carboxylic acid groups (broad SMARTS) is 1. The second-order valence-corrected chi connectivity index (χ2v) is 6.15. The zero-order valence-electron chi connectivity index (χ0n) is 9.20. The van der Waals surface area contributed by atoms with Crippen molar-refractivity contribution >= 4 is 33.2 Å². The van der Waals surface area contributed by atoms with Gasteiger partial charge in [-0.05, 0) is 47.4 Å². The lowest BCUT2D eigenvalue weighted by Crippen LogP contribution is -2.29. The number of carboxylic acids is 1. The summed E-state index contributed by atoms with van der Waals surface area (Å²) >= 11 is 5.13. The highest BCUT2D eigenvalue weighted by Gasteiger charge is 2.13. The number of hydrogen-bond donors (Lipinski definition) is 2. The lowest BCUT2D eigenvalue weighted by molar-refractivity contribution is -0.141. The first kappa shape index (κ1) is 13.7. The molecule has 1 heterocycles. The van der Waals surface area contributed by atoms with Crippen molar-refractivity contribution in [2.24, 2.45) is 5.92 Å². The summed E-state index contributed by atoms with van der Waals surface area (Å²) in [5.74, 6) is -0.982. The van der Waals surface area contributed by atoms with Gasteiger partial charge >= 0.3 is 5.97 Å². The van der Waals surface area contributed by atoms with E-state index < -0.39 is 5.97 Å². The van der Waals surface area contributed by atoms with Crippen LogP contribution in [0.15, 0.2) is 15.9 Å². The second-order valence-electron chi connectivity index (χ2n) is 3.60. The topological polar surface area (TPSA) is 49.3 Å². The van der Waals surface area contributed by atoms with Crippen LogP contribution >= 0.6 is 27.3 Å². The summed E-state index contributed by atoms with van der Waals surface area (Å²) in [6.45, 7) is 3.28. The minimum atomic E-state index is -0.714. The smallest absolute Gasteiger partial charge is 0.307 e. The van der Waals surface area contributed by atoms with Gasteiger partial charge in [-0.3, -0.25) is 4.79 Å². The van der Waals surface area contributed by atoms with E-state index in [0.717, 1.165) is 16.8 Å². The molecule has 16 heavy (non-hydrogen) atoms. The average Bonchev–Trinajstić information content (AvgIpc) is 2.64. The Labute approximate surface area is 108 Å². The highest BCUT2D eigenvalue weighted by molar-refractivity contribution is 9.11. The normalized spacial score (nSPS) is 12.6. The fraction of sp³-hybridized carbons (Fsp3) is 0.545. The molecule has 1 unspecified atom stereocenters. The van der Waals surface area contributed by atoms with Crippen molar-refractivity contribution in [1.29, 1.82) is 0 Å². The van der Waals surface area contributed by atoms with Gasteiger partial charge in [0, 0.05) is 11.4 Å². The van der Waals surface area contributed by atoms with E-state index in [4.69, 9.17) is 5.11 Å². The van der Waals surface area contributed by atoms with E-state index in [1.54, 1.807) is 11.3 Å². The molecule has 0 aliphatic carbocycles. The predicted molar refractivity (Wildman–Crippen MR) is 70.0 cm³/mol. The van der Waals surface area contributed by atoms with Crippen LogP contribution < -0.4 is 5.32 Å². The molecular formula is C11H16BrNO2S. The van der Waals surface area contributed by atoms with E-state index in [-0.39, 0.29) is 5.92 Å². The largest absolute Gasteiger partial charge is 0.481 e. The van der Waals surface area contributed by atoms with Gasteiger partial charge in [0.1, 0.15) is 0 Å². The number of aliphatic carboxylic acids is 1. The minimum absolute atomic E-state index is 0.268. The van der Waals surface area contributed by atoms with Crippen LogP contribution in [-0.2, 0) is 11.2 Å². The van der Waals surface area contributed by atoms with Crippen LogP contribution in [0, 0.1) is 5.92 Å². The molecule has 5 heteroatoms. The van der Waals surface area contributed by atoms with Gasteiger partial charge in [0.2, 0.25) is 0 Å². The van der Waals surface area contributed by atoms with Crippen molar-refractivity contribution in [3.8, 4) is 0 Å². The molecule has 0 aliphatic rings. The Morgan fingerprint density at radius 1 is 1.62 bits per heavy atom. The Balaban J connectivity index is 2.18. The molecule has 1 rings (SSSR count). The van der Waals surface area contributed by atoms with E-state index in [1.807, 2.05) is 13.0 Å². The molecule has 0 fully saturated rings. The van der Waals surface area contributed by atoms with Gasteiger partial charge in [0.25, 0.3) is 0 Å². The molecule has 1 aromatic heterocycles. The molecule has 0 amide bonds. The van der Waals surface area contributed by atoms with Crippen molar-refractivity contribution < 1.29 is 9.90 Å². The third kappa shape index (κ3) is 4.63. The molecular weight excluding hydrogens is 290 g/mol. The average molecular weight is 306 g/mol. The molecule has 90 valence electrons. The Hall–Kier alpha value is -0.390. The van der Waals surface area contributed by atoms with Crippen LogP contribution in [0.3, 0.4) is 0 Å². The van der Waals surface area contributed by atoms with Crippen LogP contribution in [0.1, 0.15) is 18.2 Å². The third-order valence-electron chi connectivity index (χ3n) is 2.41. The lowest BCUT2D eigenvalue weighted by Gasteiger charge is -2.10. The maximum absolute atomic E-state index is 10.8. The van der Waals surface area contributed by atoms with Crippen molar-refractivity contribution in [3.63, 3.8) is 0 Å². The van der Waals surface area contributed by atoms with E-state index in [9.17, 15) is 4.79 Å². The summed E-state index contributed by atoms with van der Waals surface area (Å²) in [6, 6.07) is 4.12. The van der Waals surface area contributed by atoms with Crippen molar-refractivity contribution in [2.45, 2.75) is 19.8 Å². The zero-order valence-corrected chi connectivity index (χ0v) is 11.6. The van der Waals surface area contributed by atoms with Crippen LogP contribution in [0.25, 0.3) is 0 Å². The maximum atomic E-state index is 10.8. The van der Waals surface area contributed by atoms with Crippen LogP contribution in [0.5, 0.6) is 0 Å². The quantitative estimate of drug-likeness (QED) is 0.762. The standard InChI is InChI=1S/C11H16BrNO2S/c1-2-8(11(14)15)7-13-6-5-9-3-4-10(12)16-9/h3-4,8,13H,2,5-7H2,1H3,(H,14,15). The summed E-state index contributed by atoms with van der Waals surface area (Å²) in [5, 5.41) is 12.0. The van der Waals surface area contributed by atoms with Gasteiger partial charge in [-0.2, -0.15) is 0 Å². The highest BCUT2D eigenvalue weighted by atomic mass is 79.9. The first-order valence-electron chi connectivity index (χ1n) is 5.31. The summed E-state index contributed by atoms with van der Waals surface area (Å²) in [7, 11) is 0. The van der Waals surface area contributed by atoms with E-state index in [2.05, 4.69) is 27.3 Å². The highest BCUT2D eigenvalue weighted by Crippen LogP contribution is 2.22. The number of thiophene rings is 1. The fourth-order valence-corrected chi connectivity index (χ4v) is 2.86. The summed E-state index contributed by atoms with van der Waals surface area (Å²) in [5.41, 5.74) is 0. The maximum Gasteiger partial charge on any atom is 0.307 e. The molecule has 0 saturated carbocycles. The van der Waals surface area contributed by atoms with Gasteiger partial charge in [-0.1, -0.05) is 6.92 Å². The van der Waals surface area contributed by atoms with Gasteiger partial charge in [-0.15, -0.1) is 11.3 Å². The van der Waals surface area contributed by atoms with Crippen LogP contribution in [-0.4, -0.2) is 24.2 Å². The van der Waals surface area contributed by atoms with Crippen LogP contribution in [0.4, 0.5) is 0 Å². The summed E-state index contributed by atoms with van der Waals surface area (Å²) in [4.78, 5) is 12.1.